The highest BCUT2D eigenvalue weighted by atomic mass is 32.2. The molecule has 0 aliphatic carbocycles. The van der Waals surface area contributed by atoms with E-state index in [0.717, 1.165) is 20.8 Å². The molecule has 6 nitrogen and oxygen atoms in total. The fourth-order valence-corrected chi connectivity index (χ4v) is 5.23. The van der Waals surface area contributed by atoms with Crippen LogP contribution in [0.15, 0.2) is 53.6 Å². The Balaban J connectivity index is 1.60. The van der Waals surface area contributed by atoms with Gasteiger partial charge in [0.1, 0.15) is 9.90 Å². The van der Waals surface area contributed by atoms with Gasteiger partial charge in [-0.25, -0.2) is 13.4 Å². The van der Waals surface area contributed by atoms with Crippen molar-refractivity contribution in [3.63, 3.8) is 0 Å². The van der Waals surface area contributed by atoms with Crippen molar-refractivity contribution in [1.29, 1.82) is 0 Å². The molecule has 0 saturated carbocycles. The van der Waals surface area contributed by atoms with Crippen LogP contribution in [0.1, 0.15) is 11.3 Å². The molecule has 0 saturated heterocycles. The van der Waals surface area contributed by atoms with E-state index < -0.39 is 10.0 Å². The zero-order chi connectivity index (χ0) is 19.2. The minimum atomic E-state index is -3.67. The zero-order valence-electron chi connectivity index (χ0n) is 15.1. The van der Waals surface area contributed by atoms with Crippen LogP contribution in [0.25, 0.3) is 20.8 Å². The number of aromatic nitrogens is 3. The van der Waals surface area contributed by atoms with E-state index in [1.165, 1.54) is 16.4 Å². The first-order chi connectivity index (χ1) is 12.8. The number of thiazole rings is 1. The Labute approximate surface area is 161 Å². The highest BCUT2D eigenvalue weighted by Gasteiger charge is 2.20. The van der Waals surface area contributed by atoms with Gasteiger partial charge in [-0.15, -0.1) is 11.3 Å². The lowest BCUT2D eigenvalue weighted by Gasteiger charge is -2.07. The Morgan fingerprint density at radius 1 is 1.07 bits per heavy atom. The van der Waals surface area contributed by atoms with Gasteiger partial charge in [-0.05, 0) is 55.8 Å². The zero-order valence-corrected chi connectivity index (χ0v) is 16.7. The lowest BCUT2D eigenvalue weighted by molar-refractivity contribution is 0.600. The van der Waals surface area contributed by atoms with E-state index in [0.29, 0.717) is 11.4 Å². The van der Waals surface area contributed by atoms with Crippen LogP contribution in [0.3, 0.4) is 0 Å². The van der Waals surface area contributed by atoms with Gasteiger partial charge in [0.2, 0.25) is 0 Å². The third kappa shape index (κ3) is 3.45. The van der Waals surface area contributed by atoms with E-state index in [4.69, 9.17) is 0 Å². The predicted molar refractivity (Wildman–Crippen MR) is 109 cm³/mol. The fourth-order valence-electron chi connectivity index (χ4n) is 2.89. The molecule has 2 aromatic carbocycles. The van der Waals surface area contributed by atoms with Crippen molar-refractivity contribution in [3.05, 3.63) is 59.9 Å². The second kappa shape index (κ2) is 6.47. The third-order valence-electron chi connectivity index (χ3n) is 4.19. The molecular weight excluding hydrogens is 380 g/mol. The van der Waals surface area contributed by atoms with Crippen molar-refractivity contribution in [1.82, 2.24) is 14.8 Å². The van der Waals surface area contributed by atoms with E-state index in [-0.39, 0.29) is 4.90 Å². The van der Waals surface area contributed by atoms with Crippen molar-refractivity contribution < 1.29 is 8.42 Å². The van der Waals surface area contributed by atoms with Crippen LogP contribution >= 0.6 is 11.3 Å². The fraction of sp³-hybridized carbons (Fsp3) is 0.158. The van der Waals surface area contributed by atoms with Gasteiger partial charge in [0.15, 0.2) is 0 Å². The molecule has 0 amide bonds. The molecule has 4 aromatic rings. The number of rotatable bonds is 4. The van der Waals surface area contributed by atoms with Crippen LogP contribution in [0.5, 0.6) is 0 Å². The Morgan fingerprint density at radius 3 is 2.48 bits per heavy atom. The summed E-state index contributed by atoms with van der Waals surface area (Å²) < 4.78 is 30.4. The van der Waals surface area contributed by atoms with Gasteiger partial charge >= 0.3 is 0 Å². The Kier molecular flexibility index (Phi) is 4.24. The summed E-state index contributed by atoms with van der Waals surface area (Å²) in [5.74, 6) is 0. The summed E-state index contributed by atoms with van der Waals surface area (Å²) in [6.07, 6.45) is 1.50. The number of benzene rings is 2. The first kappa shape index (κ1) is 17.7. The van der Waals surface area contributed by atoms with Crippen LogP contribution in [-0.2, 0) is 17.1 Å². The van der Waals surface area contributed by atoms with Gasteiger partial charge in [-0.3, -0.25) is 9.40 Å². The van der Waals surface area contributed by atoms with Gasteiger partial charge in [0.05, 0.1) is 15.9 Å². The van der Waals surface area contributed by atoms with E-state index >= 15 is 0 Å². The molecule has 4 rings (SSSR count). The van der Waals surface area contributed by atoms with Crippen molar-refractivity contribution >= 4 is 37.3 Å². The highest BCUT2D eigenvalue weighted by Crippen LogP contribution is 2.31. The quantitative estimate of drug-likeness (QED) is 0.561. The van der Waals surface area contributed by atoms with Crippen molar-refractivity contribution in [2.45, 2.75) is 18.7 Å². The Hall–Kier alpha value is -2.71. The second-order valence-corrected chi connectivity index (χ2v) is 9.11. The third-order valence-corrected chi connectivity index (χ3v) is 6.74. The number of nitrogens with zero attached hydrogens (tertiary/aromatic N) is 3. The van der Waals surface area contributed by atoms with E-state index in [1.807, 2.05) is 24.3 Å². The molecule has 0 bridgehead atoms. The monoisotopic (exact) mass is 398 g/mol. The maximum absolute atomic E-state index is 12.6. The molecule has 2 heterocycles. The van der Waals surface area contributed by atoms with Gasteiger partial charge in [-0.1, -0.05) is 6.07 Å². The molecule has 0 atom stereocenters. The van der Waals surface area contributed by atoms with Gasteiger partial charge < -0.3 is 0 Å². The molecule has 27 heavy (non-hydrogen) atoms. The molecule has 2 aromatic heterocycles. The molecule has 0 aliphatic heterocycles. The van der Waals surface area contributed by atoms with E-state index in [9.17, 15) is 8.42 Å². The van der Waals surface area contributed by atoms with Crippen LogP contribution < -0.4 is 4.72 Å². The summed E-state index contributed by atoms with van der Waals surface area (Å²) in [5.41, 5.74) is 4.09. The number of hydrogen-bond donors (Lipinski definition) is 1. The van der Waals surface area contributed by atoms with Gasteiger partial charge in [0, 0.05) is 24.5 Å². The van der Waals surface area contributed by atoms with Crippen molar-refractivity contribution in [2.24, 2.45) is 7.05 Å². The molecular formula is C19H18N4O2S2. The van der Waals surface area contributed by atoms with E-state index in [1.54, 1.807) is 37.4 Å². The molecule has 8 heteroatoms. The highest BCUT2D eigenvalue weighted by molar-refractivity contribution is 7.92. The minimum Gasteiger partial charge on any atom is -0.280 e. The summed E-state index contributed by atoms with van der Waals surface area (Å²) in [6, 6.07) is 13.4. The first-order valence-corrected chi connectivity index (χ1v) is 10.6. The van der Waals surface area contributed by atoms with Crippen LogP contribution in [0, 0.1) is 13.8 Å². The maximum atomic E-state index is 12.6. The average molecular weight is 399 g/mol. The predicted octanol–water partition coefficient (Wildman–Crippen LogP) is 4.11. The summed E-state index contributed by atoms with van der Waals surface area (Å²) in [4.78, 5) is 4.84. The Morgan fingerprint density at radius 2 is 1.81 bits per heavy atom. The topological polar surface area (TPSA) is 76.9 Å². The van der Waals surface area contributed by atoms with E-state index in [2.05, 4.69) is 27.8 Å². The molecule has 0 unspecified atom stereocenters. The minimum absolute atomic E-state index is 0.176. The SMILES string of the molecule is Cc1ccc2nc(-c3ccc(NS(=O)(=O)c4cn(C)nc4C)cc3)sc2c1. The number of aryl methyl sites for hydroxylation is 3. The average Bonchev–Trinajstić information content (AvgIpc) is 3.17. The van der Waals surface area contributed by atoms with Crippen LogP contribution in [-0.4, -0.2) is 23.2 Å². The lowest BCUT2D eigenvalue weighted by Crippen LogP contribution is -2.13. The van der Waals surface area contributed by atoms with Crippen molar-refractivity contribution in [3.8, 4) is 10.6 Å². The molecule has 1 N–H and O–H groups in total. The Bertz CT molecular complexity index is 1240. The second-order valence-electron chi connectivity index (χ2n) is 6.43. The number of hydrogen-bond acceptors (Lipinski definition) is 5. The van der Waals surface area contributed by atoms with Gasteiger partial charge in [-0.2, -0.15) is 5.10 Å². The largest absolute Gasteiger partial charge is 0.280 e. The summed E-state index contributed by atoms with van der Waals surface area (Å²) >= 11 is 1.62. The van der Waals surface area contributed by atoms with Crippen LogP contribution in [0.2, 0.25) is 0 Å². The molecule has 0 radical (unpaired) electrons. The first-order valence-electron chi connectivity index (χ1n) is 8.32. The summed E-state index contributed by atoms with van der Waals surface area (Å²) in [6.45, 7) is 3.73. The maximum Gasteiger partial charge on any atom is 0.265 e. The lowest BCUT2D eigenvalue weighted by atomic mass is 10.2. The summed E-state index contributed by atoms with van der Waals surface area (Å²) in [7, 11) is -1.98. The molecule has 0 aliphatic rings. The molecule has 0 fully saturated rings. The normalized spacial score (nSPS) is 11.8. The van der Waals surface area contributed by atoms with Crippen molar-refractivity contribution in [2.75, 3.05) is 4.72 Å². The number of sulfonamides is 1. The smallest absolute Gasteiger partial charge is 0.265 e. The van der Waals surface area contributed by atoms with Crippen LogP contribution in [0.4, 0.5) is 5.69 Å². The van der Waals surface area contributed by atoms with Gasteiger partial charge in [0.25, 0.3) is 10.0 Å². The standard InChI is InChI=1S/C19H18N4O2S2/c1-12-4-9-16-17(10-12)26-19(20-16)14-5-7-15(8-6-14)22-27(24,25)18-11-23(3)21-13(18)2/h4-11,22H,1-3H3. The number of anilines is 1. The summed E-state index contributed by atoms with van der Waals surface area (Å²) in [5, 5.41) is 5.00. The molecule has 138 valence electrons. The number of fused-ring (bicyclic) bond motifs is 1. The molecule has 0 spiro atoms. The number of nitrogens with one attached hydrogen (secondary N) is 1.